The van der Waals surface area contributed by atoms with Crippen LogP contribution < -0.4 is 0 Å². The maximum Gasteiger partial charge on any atom is 0.225 e. The van der Waals surface area contributed by atoms with Crippen molar-refractivity contribution in [1.82, 2.24) is 24.5 Å². The third-order valence-electron chi connectivity index (χ3n) is 6.57. The van der Waals surface area contributed by atoms with Gasteiger partial charge in [-0.3, -0.25) is 9.59 Å². The van der Waals surface area contributed by atoms with E-state index in [0.29, 0.717) is 32.5 Å². The lowest BCUT2D eigenvalue weighted by molar-refractivity contribution is -0.141. The second-order valence-corrected chi connectivity index (χ2v) is 8.29. The minimum absolute atomic E-state index is 0.00624. The molecule has 0 bridgehead atoms. The quantitative estimate of drug-likeness (QED) is 0.767. The summed E-state index contributed by atoms with van der Waals surface area (Å²) in [7, 11) is 2.00. The van der Waals surface area contributed by atoms with Gasteiger partial charge in [-0.05, 0) is 12.8 Å². The van der Waals surface area contributed by atoms with E-state index in [1.165, 1.54) is 12.0 Å². The first-order valence-corrected chi connectivity index (χ1v) is 10.5. The number of rotatable bonds is 5. The zero-order valence-electron chi connectivity index (χ0n) is 17.4. The molecule has 29 heavy (non-hydrogen) atoms. The second-order valence-electron chi connectivity index (χ2n) is 8.29. The van der Waals surface area contributed by atoms with E-state index >= 15 is 0 Å². The summed E-state index contributed by atoms with van der Waals surface area (Å²) in [5.41, 5.74) is 2.38. The molecule has 2 aromatic rings. The number of imidazole rings is 1. The summed E-state index contributed by atoms with van der Waals surface area (Å²) >= 11 is 0. The molecule has 2 amide bonds. The topological polar surface area (TPSA) is 84.5 Å². The van der Waals surface area contributed by atoms with Crippen LogP contribution in [0.15, 0.2) is 23.2 Å². The lowest BCUT2D eigenvalue weighted by Gasteiger charge is -2.44. The largest absolute Gasteiger partial charge is 0.365 e. The minimum atomic E-state index is -0.529. The molecule has 1 saturated heterocycles. The summed E-state index contributed by atoms with van der Waals surface area (Å²) in [4.78, 5) is 34.7. The first kappa shape index (κ1) is 19.7. The van der Waals surface area contributed by atoms with Crippen molar-refractivity contribution in [2.45, 2.75) is 51.5 Å². The van der Waals surface area contributed by atoms with E-state index in [1.54, 1.807) is 6.07 Å². The maximum atomic E-state index is 13.3. The Bertz CT molecular complexity index is 890. The number of nitrogens with zero attached hydrogens (tertiary/aromatic N) is 5. The van der Waals surface area contributed by atoms with Gasteiger partial charge < -0.3 is 18.9 Å². The number of carbonyl (C=O) groups is 2. The number of likely N-dealkylation sites (tertiary alicyclic amines) is 1. The van der Waals surface area contributed by atoms with Gasteiger partial charge in [0.1, 0.15) is 11.8 Å². The number of hydrogen-bond acceptors (Lipinski definition) is 5. The molecule has 8 nitrogen and oxygen atoms in total. The van der Waals surface area contributed by atoms with Crippen LogP contribution in [0.3, 0.4) is 0 Å². The van der Waals surface area contributed by atoms with Crippen LogP contribution in [0.2, 0.25) is 0 Å². The molecule has 2 aliphatic heterocycles. The molecule has 4 rings (SSSR count). The van der Waals surface area contributed by atoms with Crippen molar-refractivity contribution < 1.29 is 14.1 Å². The summed E-state index contributed by atoms with van der Waals surface area (Å²) in [5, 5.41) is 3.91. The molecule has 0 aliphatic carbocycles. The van der Waals surface area contributed by atoms with E-state index in [1.807, 2.05) is 41.6 Å². The SMILES string of the molecule is CCC(C)C(=O)N1CCC2(C1)c1ncn(C)c1CCN2C(=O)CCc1ccon1. The van der Waals surface area contributed by atoms with Gasteiger partial charge in [-0.2, -0.15) is 0 Å². The molecule has 1 fully saturated rings. The highest BCUT2D eigenvalue weighted by atomic mass is 16.5. The Labute approximate surface area is 170 Å². The first-order chi connectivity index (χ1) is 14.0. The van der Waals surface area contributed by atoms with E-state index in [2.05, 4.69) is 5.16 Å². The fourth-order valence-corrected chi connectivity index (χ4v) is 4.68. The van der Waals surface area contributed by atoms with Crippen molar-refractivity contribution in [3.8, 4) is 0 Å². The highest BCUT2D eigenvalue weighted by molar-refractivity contribution is 5.80. The Kier molecular flexibility index (Phi) is 5.19. The van der Waals surface area contributed by atoms with Crippen LogP contribution in [0.5, 0.6) is 0 Å². The molecule has 2 aromatic heterocycles. The maximum absolute atomic E-state index is 13.3. The smallest absolute Gasteiger partial charge is 0.225 e. The van der Waals surface area contributed by atoms with Gasteiger partial charge >= 0.3 is 0 Å². The molecule has 2 atom stereocenters. The molecule has 2 unspecified atom stereocenters. The average molecular weight is 399 g/mol. The van der Waals surface area contributed by atoms with Crippen LogP contribution in [0, 0.1) is 5.92 Å². The zero-order chi connectivity index (χ0) is 20.6. The molecule has 0 N–H and O–H groups in total. The summed E-state index contributed by atoms with van der Waals surface area (Å²) < 4.78 is 6.93. The van der Waals surface area contributed by atoms with Crippen LogP contribution in [0.25, 0.3) is 0 Å². The number of hydrogen-bond donors (Lipinski definition) is 0. The van der Waals surface area contributed by atoms with E-state index in [0.717, 1.165) is 30.7 Å². The van der Waals surface area contributed by atoms with Crippen molar-refractivity contribution in [3.05, 3.63) is 35.7 Å². The molecule has 1 spiro atoms. The van der Waals surface area contributed by atoms with Crippen LogP contribution in [0.1, 0.15) is 50.2 Å². The average Bonchev–Trinajstić information content (AvgIpc) is 3.47. The summed E-state index contributed by atoms with van der Waals surface area (Å²) in [6.45, 7) is 5.84. The van der Waals surface area contributed by atoms with Crippen molar-refractivity contribution in [3.63, 3.8) is 0 Å². The van der Waals surface area contributed by atoms with Crippen molar-refractivity contribution >= 4 is 11.8 Å². The summed E-state index contributed by atoms with van der Waals surface area (Å²) in [6, 6.07) is 1.79. The third kappa shape index (κ3) is 3.34. The number of aromatic nitrogens is 3. The number of fused-ring (bicyclic) bond motifs is 2. The molecule has 0 aromatic carbocycles. The third-order valence-corrected chi connectivity index (χ3v) is 6.57. The molecule has 0 radical (unpaired) electrons. The Morgan fingerprint density at radius 3 is 2.90 bits per heavy atom. The summed E-state index contributed by atoms with van der Waals surface area (Å²) in [6.07, 6.45) is 6.60. The molecule has 156 valence electrons. The fourth-order valence-electron chi connectivity index (χ4n) is 4.68. The minimum Gasteiger partial charge on any atom is -0.365 e. The Morgan fingerprint density at radius 1 is 1.34 bits per heavy atom. The van der Waals surface area contributed by atoms with E-state index in [-0.39, 0.29) is 17.7 Å². The molecular formula is C21H29N5O3. The predicted octanol–water partition coefficient (Wildman–Crippen LogP) is 1.90. The Morgan fingerprint density at radius 2 is 2.17 bits per heavy atom. The Hall–Kier alpha value is -2.64. The molecule has 0 saturated carbocycles. The molecule has 4 heterocycles. The normalized spacial score (nSPS) is 22.2. The van der Waals surface area contributed by atoms with E-state index in [9.17, 15) is 9.59 Å². The van der Waals surface area contributed by atoms with Gasteiger partial charge in [-0.25, -0.2) is 4.98 Å². The van der Waals surface area contributed by atoms with Gasteiger partial charge in [0.2, 0.25) is 11.8 Å². The van der Waals surface area contributed by atoms with Crippen LogP contribution in [0.4, 0.5) is 0 Å². The van der Waals surface area contributed by atoms with Gasteiger partial charge in [0.05, 0.1) is 17.7 Å². The second kappa shape index (κ2) is 7.65. The van der Waals surface area contributed by atoms with Crippen molar-refractivity contribution in [1.29, 1.82) is 0 Å². The van der Waals surface area contributed by atoms with E-state index in [4.69, 9.17) is 9.51 Å². The van der Waals surface area contributed by atoms with Gasteiger partial charge in [-0.15, -0.1) is 0 Å². The number of carbonyl (C=O) groups excluding carboxylic acids is 2. The van der Waals surface area contributed by atoms with Gasteiger partial charge in [-0.1, -0.05) is 19.0 Å². The molecular weight excluding hydrogens is 370 g/mol. The van der Waals surface area contributed by atoms with Gasteiger partial charge in [0.25, 0.3) is 0 Å². The van der Waals surface area contributed by atoms with Crippen molar-refractivity contribution in [2.75, 3.05) is 19.6 Å². The van der Waals surface area contributed by atoms with Crippen LogP contribution in [-0.4, -0.2) is 56.0 Å². The monoisotopic (exact) mass is 399 g/mol. The Balaban J connectivity index is 1.61. The zero-order valence-corrected chi connectivity index (χ0v) is 17.4. The van der Waals surface area contributed by atoms with Crippen LogP contribution in [-0.2, 0) is 35.0 Å². The first-order valence-electron chi connectivity index (χ1n) is 10.5. The van der Waals surface area contributed by atoms with Gasteiger partial charge in [0.15, 0.2) is 0 Å². The molecule has 2 aliphatic rings. The van der Waals surface area contributed by atoms with Crippen LogP contribution >= 0.6 is 0 Å². The van der Waals surface area contributed by atoms with Crippen molar-refractivity contribution in [2.24, 2.45) is 13.0 Å². The predicted molar refractivity (Wildman–Crippen MR) is 106 cm³/mol. The fraction of sp³-hybridized carbons (Fsp3) is 0.619. The lowest BCUT2D eigenvalue weighted by Crippen LogP contribution is -2.55. The number of amides is 2. The number of aryl methyl sites for hydroxylation is 2. The summed E-state index contributed by atoms with van der Waals surface area (Å²) in [5.74, 6) is 0.248. The standard InChI is InChI=1S/C21H29N5O3/c1-4-15(2)20(28)25-11-9-21(13-25)19-17(24(3)14-22-19)7-10-26(21)18(27)6-5-16-8-12-29-23-16/h8,12,14-15H,4-7,9-11,13H2,1-3H3. The highest BCUT2D eigenvalue weighted by Gasteiger charge is 2.52. The van der Waals surface area contributed by atoms with Gasteiger partial charge in [0, 0.05) is 63.6 Å². The highest BCUT2D eigenvalue weighted by Crippen LogP contribution is 2.42. The lowest BCUT2D eigenvalue weighted by atomic mass is 9.85. The molecule has 8 heteroatoms. The van der Waals surface area contributed by atoms with E-state index < -0.39 is 5.54 Å².